The van der Waals surface area contributed by atoms with Gasteiger partial charge in [-0.05, 0) is 24.1 Å². The van der Waals surface area contributed by atoms with Gasteiger partial charge in [-0.15, -0.1) is 0 Å². The second-order valence-corrected chi connectivity index (χ2v) is 6.59. The van der Waals surface area contributed by atoms with Crippen LogP contribution in [0.2, 0.25) is 0 Å². The Morgan fingerprint density at radius 3 is 2.58 bits per heavy atom. The molecule has 26 heavy (non-hydrogen) atoms. The minimum absolute atomic E-state index is 0.183. The molecule has 3 aromatic rings. The summed E-state index contributed by atoms with van der Waals surface area (Å²) in [7, 11) is 0. The fraction of sp³-hybridized carbons (Fsp3) is 0.250. The Bertz CT molecular complexity index is 938. The van der Waals surface area contributed by atoms with Crippen LogP contribution in [0, 0.1) is 0 Å². The molecule has 0 bridgehead atoms. The largest absolute Gasteiger partial charge is 0.392 e. The lowest BCUT2D eigenvalue weighted by Crippen LogP contribution is -2.21. The molecule has 2 N–H and O–H groups in total. The minimum atomic E-state index is -0.209. The van der Waals surface area contributed by atoms with E-state index in [9.17, 15) is 9.90 Å². The monoisotopic (exact) mass is 348 g/mol. The molecule has 0 unspecified atom stereocenters. The van der Waals surface area contributed by atoms with E-state index in [0.717, 1.165) is 37.2 Å². The number of likely N-dealkylation sites (tertiary alicyclic amines) is 1. The number of rotatable bonds is 4. The SMILES string of the molecule is O=c1cc(-c2ccncc2)nc(-c2ccc(CN3CC[C@H](O)C3)cc2)[nH]1. The normalized spacial score (nSPS) is 17.5. The fourth-order valence-electron chi connectivity index (χ4n) is 3.25. The number of hydrogen-bond acceptors (Lipinski definition) is 5. The smallest absolute Gasteiger partial charge is 0.251 e. The van der Waals surface area contributed by atoms with Crippen LogP contribution in [0.3, 0.4) is 0 Å². The van der Waals surface area contributed by atoms with Crippen molar-refractivity contribution in [2.75, 3.05) is 13.1 Å². The van der Waals surface area contributed by atoms with Gasteiger partial charge in [-0.25, -0.2) is 4.98 Å². The van der Waals surface area contributed by atoms with Crippen molar-refractivity contribution < 1.29 is 5.11 Å². The Morgan fingerprint density at radius 1 is 1.12 bits per heavy atom. The van der Waals surface area contributed by atoms with Crippen molar-refractivity contribution in [3.63, 3.8) is 0 Å². The first-order chi connectivity index (χ1) is 12.7. The summed E-state index contributed by atoms with van der Waals surface area (Å²) in [6.45, 7) is 2.47. The number of aromatic amines is 1. The van der Waals surface area contributed by atoms with E-state index < -0.39 is 0 Å². The number of benzene rings is 1. The molecule has 1 fully saturated rings. The zero-order valence-corrected chi connectivity index (χ0v) is 14.3. The lowest BCUT2D eigenvalue weighted by molar-refractivity contribution is 0.175. The molecule has 0 radical (unpaired) electrons. The maximum Gasteiger partial charge on any atom is 0.251 e. The average molecular weight is 348 g/mol. The molecule has 4 rings (SSSR count). The number of H-pyrrole nitrogens is 1. The summed E-state index contributed by atoms with van der Waals surface area (Å²) in [5.74, 6) is 0.549. The number of nitrogens with one attached hydrogen (secondary N) is 1. The fourth-order valence-corrected chi connectivity index (χ4v) is 3.25. The highest BCUT2D eigenvalue weighted by Gasteiger charge is 2.19. The molecule has 0 saturated carbocycles. The Morgan fingerprint density at radius 2 is 1.88 bits per heavy atom. The minimum Gasteiger partial charge on any atom is -0.392 e. The molecule has 132 valence electrons. The van der Waals surface area contributed by atoms with E-state index in [1.54, 1.807) is 12.4 Å². The van der Waals surface area contributed by atoms with Crippen LogP contribution in [0.4, 0.5) is 0 Å². The first kappa shape index (κ1) is 16.6. The number of aliphatic hydroxyl groups is 1. The number of pyridine rings is 1. The van der Waals surface area contributed by atoms with Gasteiger partial charge >= 0.3 is 0 Å². The van der Waals surface area contributed by atoms with Crippen molar-refractivity contribution in [2.24, 2.45) is 0 Å². The van der Waals surface area contributed by atoms with Crippen LogP contribution in [0.1, 0.15) is 12.0 Å². The predicted molar refractivity (Wildman–Crippen MR) is 99.4 cm³/mol. The maximum absolute atomic E-state index is 12.0. The third kappa shape index (κ3) is 3.71. The highest BCUT2D eigenvalue weighted by molar-refractivity contribution is 5.63. The van der Waals surface area contributed by atoms with Crippen LogP contribution >= 0.6 is 0 Å². The topological polar surface area (TPSA) is 82.1 Å². The van der Waals surface area contributed by atoms with Crippen molar-refractivity contribution >= 4 is 0 Å². The van der Waals surface area contributed by atoms with Gasteiger partial charge in [0.05, 0.1) is 11.8 Å². The molecule has 0 spiro atoms. The average Bonchev–Trinajstić information content (AvgIpc) is 3.07. The van der Waals surface area contributed by atoms with Crippen molar-refractivity contribution in [3.05, 3.63) is 70.8 Å². The Hall–Kier alpha value is -2.83. The number of hydrogen-bond donors (Lipinski definition) is 2. The van der Waals surface area contributed by atoms with E-state index in [-0.39, 0.29) is 11.7 Å². The standard InChI is InChI=1S/C20H20N4O2/c25-17-7-10-24(13-17)12-14-1-3-16(4-2-14)20-22-18(11-19(26)23-20)15-5-8-21-9-6-15/h1-6,8-9,11,17,25H,7,10,12-13H2,(H,22,23,26)/t17-/m0/s1. The molecule has 1 aliphatic heterocycles. The predicted octanol–water partition coefficient (Wildman–Crippen LogP) is 2.07. The second kappa shape index (κ2) is 7.19. The van der Waals surface area contributed by atoms with Gasteiger partial charge in [0.25, 0.3) is 5.56 Å². The van der Waals surface area contributed by atoms with Crippen molar-refractivity contribution in [1.29, 1.82) is 0 Å². The van der Waals surface area contributed by atoms with Gasteiger partial charge in [-0.1, -0.05) is 24.3 Å². The summed E-state index contributed by atoms with van der Waals surface area (Å²) in [4.78, 5) is 25.7. The quantitative estimate of drug-likeness (QED) is 0.754. The molecule has 0 aliphatic carbocycles. The van der Waals surface area contributed by atoms with Crippen LogP contribution in [-0.4, -0.2) is 44.2 Å². The molecular weight excluding hydrogens is 328 g/mol. The second-order valence-electron chi connectivity index (χ2n) is 6.59. The van der Waals surface area contributed by atoms with Gasteiger partial charge in [0, 0.05) is 49.2 Å². The van der Waals surface area contributed by atoms with Crippen LogP contribution in [0.25, 0.3) is 22.6 Å². The number of aromatic nitrogens is 3. The van der Waals surface area contributed by atoms with E-state index >= 15 is 0 Å². The number of β-amino-alcohol motifs (C(OH)–C–C–N with tert-alkyl or cyclic N) is 1. The first-order valence-electron chi connectivity index (χ1n) is 8.69. The summed E-state index contributed by atoms with van der Waals surface area (Å²) in [5, 5.41) is 9.63. The molecule has 6 heteroatoms. The van der Waals surface area contributed by atoms with Crippen LogP contribution in [-0.2, 0) is 6.54 Å². The highest BCUT2D eigenvalue weighted by atomic mass is 16.3. The lowest BCUT2D eigenvalue weighted by Gasteiger charge is -2.15. The lowest BCUT2D eigenvalue weighted by atomic mass is 10.1. The molecule has 1 atom stereocenters. The third-order valence-corrected chi connectivity index (χ3v) is 4.60. The van der Waals surface area contributed by atoms with E-state index in [2.05, 4.69) is 19.9 Å². The van der Waals surface area contributed by atoms with Gasteiger partial charge < -0.3 is 10.1 Å². The third-order valence-electron chi connectivity index (χ3n) is 4.60. The molecule has 1 saturated heterocycles. The van der Waals surface area contributed by atoms with Gasteiger partial charge in [0.1, 0.15) is 5.82 Å². The number of aliphatic hydroxyl groups excluding tert-OH is 1. The van der Waals surface area contributed by atoms with Gasteiger partial charge in [-0.3, -0.25) is 14.7 Å². The van der Waals surface area contributed by atoms with Crippen LogP contribution < -0.4 is 5.56 Å². The summed E-state index contributed by atoms with van der Waals surface area (Å²) >= 11 is 0. The van der Waals surface area contributed by atoms with Crippen molar-refractivity contribution in [2.45, 2.75) is 19.1 Å². The summed E-state index contributed by atoms with van der Waals surface area (Å²) in [6.07, 6.45) is 3.99. The molecule has 6 nitrogen and oxygen atoms in total. The molecule has 0 amide bonds. The molecule has 1 aliphatic rings. The summed E-state index contributed by atoms with van der Waals surface area (Å²) in [6, 6.07) is 13.2. The van der Waals surface area contributed by atoms with Crippen molar-refractivity contribution in [3.8, 4) is 22.6 Å². The maximum atomic E-state index is 12.0. The van der Waals surface area contributed by atoms with E-state index in [0.29, 0.717) is 11.5 Å². The van der Waals surface area contributed by atoms with Gasteiger partial charge in [0.15, 0.2) is 0 Å². The first-order valence-corrected chi connectivity index (χ1v) is 8.69. The van der Waals surface area contributed by atoms with Crippen LogP contribution in [0.15, 0.2) is 59.7 Å². The van der Waals surface area contributed by atoms with E-state index in [4.69, 9.17) is 0 Å². The van der Waals surface area contributed by atoms with Crippen LogP contribution in [0.5, 0.6) is 0 Å². The molecule has 3 heterocycles. The highest BCUT2D eigenvalue weighted by Crippen LogP contribution is 2.20. The Labute approximate surface area is 151 Å². The van der Waals surface area contributed by atoms with E-state index in [1.165, 1.54) is 11.6 Å². The molecular formula is C20H20N4O2. The zero-order chi connectivity index (χ0) is 17.9. The number of nitrogens with zero attached hydrogens (tertiary/aromatic N) is 3. The summed E-state index contributed by atoms with van der Waals surface area (Å²) in [5.41, 5.74) is 3.34. The zero-order valence-electron chi connectivity index (χ0n) is 14.3. The Kier molecular flexibility index (Phi) is 4.60. The van der Waals surface area contributed by atoms with E-state index in [1.807, 2.05) is 36.4 Å². The molecule has 2 aromatic heterocycles. The summed E-state index contributed by atoms with van der Waals surface area (Å²) < 4.78 is 0. The van der Waals surface area contributed by atoms with Crippen molar-refractivity contribution in [1.82, 2.24) is 19.9 Å². The Balaban J connectivity index is 1.57. The van der Waals surface area contributed by atoms with Gasteiger partial charge in [-0.2, -0.15) is 0 Å². The van der Waals surface area contributed by atoms with Gasteiger partial charge in [0.2, 0.25) is 0 Å². The molecule has 1 aromatic carbocycles.